The maximum atomic E-state index is 3.21. The summed E-state index contributed by atoms with van der Waals surface area (Å²) in [7, 11) is 1.98. The highest BCUT2D eigenvalue weighted by molar-refractivity contribution is 14.1. The molecule has 60 valence electrons. The highest BCUT2D eigenvalue weighted by atomic mass is 127. The highest BCUT2D eigenvalue weighted by Crippen LogP contribution is 2.14. The molecule has 1 aromatic carbocycles. The molecule has 0 unspecified atom stereocenters. The summed E-state index contributed by atoms with van der Waals surface area (Å²) in [4.78, 5) is 0. The second kappa shape index (κ2) is 4.07. The Kier molecular flexibility index (Phi) is 3.33. The Morgan fingerprint density at radius 3 is 2.73 bits per heavy atom. The van der Waals surface area contributed by atoms with Crippen LogP contribution >= 0.6 is 22.6 Å². The summed E-state index contributed by atoms with van der Waals surface area (Å²) >= 11 is 2.33. The second-order valence-electron chi connectivity index (χ2n) is 2.57. The first-order chi connectivity index (χ1) is 5.24. The van der Waals surface area contributed by atoms with Crippen molar-refractivity contribution in [3.8, 4) is 0 Å². The van der Waals surface area contributed by atoms with E-state index in [1.165, 1.54) is 9.13 Å². The van der Waals surface area contributed by atoms with Gasteiger partial charge in [0.15, 0.2) is 0 Å². The van der Waals surface area contributed by atoms with Crippen LogP contribution in [-0.2, 0) is 0 Å². The fourth-order valence-electron chi connectivity index (χ4n) is 0.943. The van der Waals surface area contributed by atoms with Crippen LogP contribution in [0.25, 0.3) is 0 Å². The lowest BCUT2D eigenvalue weighted by Gasteiger charge is -2.09. The van der Waals surface area contributed by atoms with Crippen LogP contribution in [0.4, 0.5) is 0 Å². The molecule has 11 heavy (non-hydrogen) atoms. The van der Waals surface area contributed by atoms with E-state index < -0.39 is 0 Å². The zero-order valence-electron chi connectivity index (χ0n) is 6.76. The maximum Gasteiger partial charge on any atom is 0.0289 e. The van der Waals surface area contributed by atoms with Crippen LogP contribution in [0.5, 0.6) is 0 Å². The molecule has 1 rings (SSSR count). The maximum absolute atomic E-state index is 3.21. The van der Waals surface area contributed by atoms with E-state index in [1.807, 2.05) is 7.05 Å². The molecule has 0 fully saturated rings. The molecule has 0 bridgehead atoms. The van der Waals surface area contributed by atoms with E-state index in [-0.39, 0.29) is 0 Å². The van der Waals surface area contributed by atoms with Gasteiger partial charge < -0.3 is 5.32 Å². The summed E-state index contributed by atoms with van der Waals surface area (Å²) in [6.45, 7) is 2.16. The predicted molar refractivity (Wildman–Crippen MR) is 56.6 cm³/mol. The third kappa shape index (κ3) is 2.45. The Balaban J connectivity index is 2.86. The Labute approximate surface area is 81.3 Å². The fraction of sp³-hybridized carbons (Fsp3) is 0.333. The normalized spacial score (nSPS) is 13.0. The molecule has 1 aromatic rings. The molecule has 1 atom stereocenters. The molecule has 0 aliphatic carbocycles. The summed E-state index contributed by atoms with van der Waals surface area (Å²) in [6.07, 6.45) is 0. The monoisotopic (exact) mass is 261 g/mol. The van der Waals surface area contributed by atoms with Crippen molar-refractivity contribution >= 4 is 22.6 Å². The second-order valence-corrected chi connectivity index (χ2v) is 3.81. The summed E-state index contributed by atoms with van der Waals surface area (Å²) in [6, 6.07) is 8.98. The van der Waals surface area contributed by atoms with Crippen molar-refractivity contribution in [1.29, 1.82) is 0 Å². The van der Waals surface area contributed by atoms with Crippen molar-refractivity contribution in [3.05, 3.63) is 33.4 Å². The van der Waals surface area contributed by atoms with Crippen molar-refractivity contribution in [2.75, 3.05) is 7.05 Å². The fourth-order valence-corrected chi connectivity index (χ4v) is 1.51. The third-order valence-corrected chi connectivity index (χ3v) is 2.45. The smallest absolute Gasteiger partial charge is 0.0289 e. The first-order valence-corrected chi connectivity index (χ1v) is 4.74. The van der Waals surface area contributed by atoms with Crippen molar-refractivity contribution < 1.29 is 0 Å². The van der Waals surface area contributed by atoms with E-state index in [2.05, 4.69) is 59.1 Å². The van der Waals surface area contributed by atoms with Crippen LogP contribution in [0.1, 0.15) is 18.5 Å². The molecule has 0 aliphatic heterocycles. The number of rotatable bonds is 2. The van der Waals surface area contributed by atoms with Crippen LogP contribution in [0.3, 0.4) is 0 Å². The quantitative estimate of drug-likeness (QED) is 0.807. The van der Waals surface area contributed by atoms with E-state index in [1.54, 1.807) is 0 Å². The molecular weight excluding hydrogens is 249 g/mol. The van der Waals surface area contributed by atoms with Gasteiger partial charge in [-0.3, -0.25) is 0 Å². The lowest BCUT2D eigenvalue weighted by Crippen LogP contribution is -2.12. The van der Waals surface area contributed by atoms with Crippen LogP contribution in [0.15, 0.2) is 24.3 Å². The minimum atomic E-state index is 0.449. The molecule has 0 aromatic heterocycles. The van der Waals surface area contributed by atoms with Gasteiger partial charge in [0.05, 0.1) is 0 Å². The van der Waals surface area contributed by atoms with Gasteiger partial charge in [-0.2, -0.15) is 0 Å². The summed E-state index contributed by atoms with van der Waals surface area (Å²) < 4.78 is 1.29. The number of nitrogens with one attached hydrogen (secondary N) is 1. The van der Waals surface area contributed by atoms with Crippen molar-refractivity contribution in [2.24, 2.45) is 0 Å². The molecular formula is C9H12IN. The van der Waals surface area contributed by atoms with Gasteiger partial charge in [0, 0.05) is 9.61 Å². The van der Waals surface area contributed by atoms with Gasteiger partial charge in [-0.15, -0.1) is 0 Å². The van der Waals surface area contributed by atoms with E-state index in [9.17, 15) is 0 Å². The largest absolute Gasteiger partial charge is 0.313 e. The van der Waals surface area contributed by atoms with E-state index in [4.69, 9.17) is 0 Å². The highest BCUT2D eigenvalue weighted by Gasteiger charge is 2.00. The van der Waals surface area contributed by atoms with Crippen LogP contribution in [0.2, 0.25) is 0 Å². The van der Waals surface area contributed by atoms with Gasteiger partial charge in [-0.05, 0) is 54.3 Å². The molecule has 0 radical (unpaired) electrons. The van der Waals surface area contributed by atoms with E-state index in [0.29, 0.717) is 6.04 Å². The topological polar surface area (TPSA) is 12.0 Å². The molecule has 2 heteroatoms. The minimum Gasteiger partial charge on any atom is -0.313 e. The molecule has 0 heterocycles. The molecule has 0 spiro atoms. The Bertz CT molecular complexity index is 235. The number of hydrogen-bond donors (Lipinski definition) is 1. The molecule has 0 saturated carbocycles. The van der Waals surface area contributed by atoms with Gasteiger partial charge in [0.2, 0.25) is 0 Å². The molecule has 1 nitrogen and oxygen atoms in total. The standard InChI is InChI=1S/C9H12IN/c1-7(11-2)8-4-3-5-9(10)6-8/h3-7,11H,1-2H3/t7-/m0/s1. The SMILES string of the molecule is CN[C@@H](C)c1cccc(I)c1. The van der Waals surface area contributed by atoms with Crippen molar-refractivity contribution in [1.82, 2.24) is 5.32 Å². The average Bonchev–Trinajstić information content (AvgIpc) is 2.03. The molecule has 0 saturated heterocycles. The zero-order valence-corrected chi connectivity index (χ0v) is 8.92. The van der Waals surface area contributed by atoms with Crippen LogP contribution < -0.4 is 5.32 Å². The first kappa shape index (κ1) is 9.00. The van der Waals surface area contributed by atoms with Crippen molar-refractivity contribution in [3.63, 3.8) is 0 Å². The Morgan fingerprint density at radius 2 is 2.18 bits per heavy atom. The van der Waals surface area contributed by atoms with Crippen LogP contribution in [-0.4, -0.2) is 7.05 Å². The summed E-state index contributed by atoms with van der Waals surface area (Å²) in [5.41, 5.74) is 1.35. The molecule has 1 N–H and O–H groups in total. The van der Waals surface area contributed by atoms with E-state index in [0.717, 1.165) is 0 Å². The van der Waals surface area contributed by atoms with Gasteiger partial charge in [-0.1, -0.05) is 12.1 Å². The average molecular weight is 261 g/mol. The van der Waals surface area contributed by atoms with E-state index >= 15 is 0 Å². The first-order valence-electron chi connectivity index (χ1n) is 3.67. The third-order valence-electron chi connectivity index (χ3n) is 1.78. The predicted octanol–water partition coefficient (Wildman–Crippen LogP) is 2.57. The van der Waals surface area contributed by atoms with Gasteiger partial charge in [-0.25, -0.2) is 0 Å². The Hall–Kier alpha value is -0.0900. The van der Waals surface area contributed by atoms with Gasteiger partial charge >= 0.3 is 0 Å². The number of hydrogen-bond acceptors (Lipinski definition) is 1. The number of halogens is 1. The number of benzene rings is 1. The molecule has 0 aliphatic rings. The van der Waals surface area contributed by atoms with Crippen molar-refractivity contribution in [2.45, 2.75) is 13.0 Å². The summed E-state index contributed by atoms with van der Waals surface area (Å²) in [5.74, 6) is 0. The zero-order chi connectivity index (χ0) is 8.27. The van der Waals surface area contributed by atoms with Gasteiger partial charge in [0.25, 0.3) is 0 Å². The van der Waals surface area contributed by atoms with Gasteiger partial charge in [0.1, 0.15) is 0 Å². The lowest BCUT2D eigenvalue weighted by atomic mass is 10.1. The lowest BCUT2D eigenvalue weighted by molar-refractivity contribution is 0.652. The molecule has 0 amide bonds. The van der Waals surface area contributed by atoms with Crippen LogP contribution in [0, 0.1) is 3.57 Å². The summed E-state index contributed by atoms with van der Waals surface area (Å²) in [5, 5.41) is 3.21. The minimum absolute atomic E-state index is 0.449. The Morgan fingerprint density at radius 1 is 1.45 bits per heavy atom.